The highest BCUT2D eigenvalue weighted by atomic mass is 16.3. The van der Waals surface area contributed by atoms with Crippen LogP contribution in [0.1, 0.15) is 0 Å². The lowest BCUT2D eigenvalue weighted by molar-refractivity contribution is 0.669. The molecule has 0 saturated heterocycles. The predicted molar refractivity (Wildman–Crippen MR) is 200 cm³/mol. The quantitative estimate of drug-likeness (QED) is 0.184. The Balaban J connectivity index is 1.12. The summed E-state index contributed by atoms with van der Waals surface area (Å²) in [6.45, 7) is 0. The number of furan rings is 1. The number of para-hydroxylation sites is 1. The highest BCUT2D eigenvalue weighted by Gasteiger charge is 2.15. The Labute approximate surface area is 284 Å². The highest BCUT2D eigenvalue weighted by Crippen LogP contribution is 2.38. The summed E-state index contributed by atoms with van der Waals surface area (Å²) in [5.74, 6) is 1.90. The van der Waals surface area contributed by atoms with Gasteiger partial charge in [-0.05, 0) is 57.6 Å². The minimum Gasteiger partial charge on any atom is -0.456 e. The summed E-state index contributed by atoms with van der Waals surface area (Å²) in [6.07, 6.45) is 0. The Kier molecular flexibility index (Phi) is 7.10. The van der Waals surface area contributed by atoms with Crippen LogP contribution in [0.4, 0.5) is 0 Å². The van der Waals surface area contributed by atoms with Crippen molar-refractivity contribution < 1.29 is 4.42 Å². The molecule has 0 N–H and O–H groups in total. The van der Waals surface area contributed by atoms with Crippen molar-refractivity contribution in [3.63, 3.8) is 0 Å². The summed E-state index contributed by atoms with van der Waals surface area (Å²) in [7, 11) is 0. The van der Waals surface area contributed by atoms with Crippen LogP contribution in [0.2, 0.25) is 0 Å². The van der Waals surface area contributed by atoms with Crippen LogP contribution >= 0.6 is 0 Å². The molecule has 49 heavy (non-hydrogen) atoms. The Bertz CT molecular complexity index is 2590. The van der Waals surface area contributed by atoms with E-state index >= 15 is 0 Å². The summed E-state index contributed by atoms with van der Waals surface area (Å²) in [5.41, 5.74) is 11.4. The first-order valence-electron chi connectivity index (χ1n) is 16.4. The smallest absolute Gasteiger partial charge is 0.164 e. The van der Waals surface area contributed by atoms with Gasteiger partial charge < -0.3 is 4.42 Å². The molecule has 2 heterocycles. The van der Waals surface area contributed by atoms with Gasteiger partial charge in [0.1, 0.15) is 11.2 Å². The molecule has 0 fully saturated rings. The van der Waals surface area contributed by atoms with Crippen molar-refractivity contribution in [1.29, 1.82) is 0 Å². The van der Waals surface area contributed by atoms with E-state index in [2.05, 4.69) is 121 Å². The molecule has 2 aromatic heterocycles. The summed E-state index contributed by atoms with van der Waals surface area (Å²) >= 11 is 0. The van der Waals surface area contributed by atoms with Crippen molar-refractivity contribution >= 4 is 21.9 Å². The summed E-state index contributed by atoms with van der Waals surface area (Å²) in [4.78, 5) is 15.0. The lowest BCUT2D eigenvalue weighted by atomic mass is 9.95. The van der Waals surface area contributed by atoms with E-state index in [1.54, 1.807) is 0 Å². The van der Waals surface area contributed by atoms with E-state index in [0.717, 1.165) is 66.4 Å². The molecule has 0 spiro atoms. The van der Waals surface area contributed by atoms with Crippen LogP contribution in [0.3, 0.4) is 0 Å². The lowest BCUT2D eigenvalue weighted by Gasteiger charge is -2.11. The molecule has 0 atom stereocenters. The molecule has 0 radical (unpaired) electrons. The second kappa shape index (κ2) is 12.2. The van der Waals surface area contributed by atoms with Gasteiger partial charge in [-0.15, -0.1) is 0 Å². The largest absolute Gasteiger partial charge is 0.456 e. The molecule has 9 rings (SSSR count). The SMILES string of the molecule is c1ccc(-c2ccc(-c3nc(-c4ccccc4)nc(-c4cccc(-c5cccc(-c6cccc7oc8ccccc8c67)c5)c4)n3)cc2)cc1. The molecule has 0 aliphatic rings. The molecule has 0 aliphatic carbocycles. The van der Waals surface area contributed by atoms with Crippen molar-refractivity contribution in [3.8, 4) is 67.5 Å². The van der Waals surface area contributed by atoms with E-state index < -0.39 is 0 Å². The molecule has 9 aromatic rings. The van der Waals surface area contributed by atoms with Crippen molar-refractivity contribution in [3.05, 3.63) is 176 Å². The van der Waals surface area contributed by atoms with Crippen molar-refractivity contribution in [2.24, 2.45) is 0 Å². The van der Waals surface area contributed by atoms with Gasteiger partial charge in [0.25, 0.3) is 0 Å². The minimum atomic E-state index is 0.628. The fourth-order valence-corrected chi connectivity index (χ4v) is 6.51. The van der Waals surface area contributed by atoms with Crippen LogP contribution in [-0.4, -0.2) is 15.0 Å². The van der Waals surface area contributed by atoms with Gasteiger partial charge in [-0.3, -0.25) is 0 Å². The maximum Gasteiger partial charge on any atom is 0.164 e. The van der Waals surface area contributed by atoms with Crippen LogP contribution in [0.15, 0.2) is 180 Å². The molecule has 0 saturated carbocycles. The molecule has 0 unspecified atom stereocenters. The average molecular weight is 628 g/mol. The first-order chi connectivity index (χ1) is 24.3. The number of nitrogens with zero attached hydrogens (tertiary/aromatic N) is 3. The molecule has 0 bridgehead atoms. The molecule has 4 nitrogen and oxygen atoms in total. The zero-order chi connectivity index (χ0) is 32.6. The molecule has 0 amide bonds. The van der Waals surface area contributed by atoms with E-state index in [-0.39, 0.29) is 0 Å². The van der Waals surface area contributed by atoms with Crippen molar-refractivity contribution in [2.75, 3.05) is 0 Å². The molecule has 0 aliphatic heterocycles. The topological polar surface area (TPSA) is 51.8 Å². The maximum atomic E-state index is 6.18. The number of hydrogen-bond donors (Lipinski definition) is 0. The van der Waals surface area contributed by atoms with Gasteiger partial charge in [-0.2, -0.15) is 0 Å². The van der Waals surface area contributed by atoms with Crippen LogP contribution in [-0.2, 0) is 0 Å². The van der Waals surface area contributed by atoms with Gasteiger partial charge in [0.05, 0.1) is 0 Å². The number of fused-ring (bicyclic) bond motifs is 3. The van der Waals surface area contributed by atoms with Crippen molar-refractivity contribution in [1.82, 2.24) is 15.0 Å². The van der Waals surface area contributed by atoms with Gasteiger partial charge in [-0.25, -0.2) is 15.0 Å². The second-order valence-electron chi connectivity index (χ2n) is 12.1. The monoisotopic (exact) mass is 627 g/mol. The van der Waals surface area contributed by atoms with E-state index in [0.29, 0.717) is 17.5 Å². The van der Waals surface area contributed by atoms with Gasteiger partial charge in [-0.1, -0.05) is 152 Å². The summed E-state index contributed by atoms with van der Waals surface area (Å²) < 4.78 is 6.18. The second-order valence-corrected chi connectivity index (χ2v) is 12.1. The molecule has 7 aromatic carbocycles. The number of rotatable bonds is 6. The third-order valence-corrected chi connectivity index (χ3v) is 8.95. The minimum absolute atomic E-state index is 0.628. The normalized spacial score (nSPS) is 11.3. The zero-order valence-corrected chi connectivity index (χ0v) is 26.5. The molecular weight excluding hydrogens is 599 g/mol. The Morgan fingerprint density at radius 3 is 1.47 bits per heavy atom. The summed E-state index contributed by atoms with van der Waals surface area (Å²) in [6, 6.07) is 60.5. The van der Waals surface area contributed by atoms with E-state index in [9.17, 15) is 0 Å². The fraction of sp³-hybridized carbons (Fsp3) is 0. The van der Waals surface area contributed by atoms with Crippen LogP contribution in [0, 0.1) is 0 Å². The first-order valence-corrected chi connectivity index (χ1v) is 16.4. The number of benzene rings is 7. The van der Waals surface area contributed by atoms with Crippen LogP contribution in [0.25, 0.3) is 89.5 Å². The van der Waals surface area contributed by atoms with Crippen molar-refractivity contribution in [2.45, 2.75) is 0 Å². The highest BCUT2D eigenvalue weighted by molar-refractivity contribution is 6.12. The molecular formula is C45H29N3O. The lowest BCUT2D eigenvalue weighted by Crippen LogP contribution is -2.00. The van der Waals surface area contributed by atoms with Gasteiger partial charge >= 0.3 is 0 Å². The molecule has 230 valence electrons. The first kappa shape index (κ1) is 28.6. The summed E-state index contributed by atoms with van der Waals surface area (Å²) in [5, 5.41) is 2.25. The molecule has 4 heteroatoms. The zero-order valence-electron chi connectivity index (χ0n) is 26.5. The standard InChI is InChI=1S/C45H29N3O/c1-3-12-30(13-4-1)31-24-26-33(27-25-31)44-46-43(32-14-5-2-6-15-32)47-45(48-44)37-19-10-17-35(29-37)34-16-9-18-36(28-34)38-21-11-23-41-42(38)39-20-7-8-22-40(39)49-41/h1-29H. The van der Waals surface area contributed by atoms with E-state index in [4.69, 9.17) is 19.4 Å². The van der Waals surface area contributed by atoms with Gasteiger partial charge in [0.15, 0.2) is 17.5 Å². The Morgan fingerprint density at radius 2 is 0.755 bits per heavy atom. The number of aromatic nitrogens is 3. The Hall–Kier alpha value is -6.65. The van der Waals surface area contributed by atoms with Crippen LogP contribution < -0.4 is 0 Å². The van der Waals surface area contributed by atoms with E-state index in [1.807, 2.05) is 54.6 Å². The predicted octanol–water partition coefficient (Wildman–Crippen LogP) is 11.8. The van der Waals surface area contributed by atoms with E-state index in [1.165, 1.54) is 5.56 Å². The average Bonchev–Trinajstić information content (AvgIpc) is 3.58. The maximum absolute atomic E-state index is 6.18. The van der Waals surface area contributed by atoms with Crippen LogP contribution in [0.5, 0.6) is 0 Å². The third-order valence-electron chi connectivity index (χ3n) is 8.95. The third kappa shape index (κ3) is 5.45. The Morgan fingerprint density at radius 1 is 0.306 bits per heavy atom. The van der Waals surface area contributed by atoms with Gasteiger partial charge in [0.2, 0.25) is 0 Å². The van der Waals surface area contributed by atoms with Gasteiger partial charge in [0, 0.05) is 27.5 Å². The number of hydrogen-bond acceptors (Lipinski definition) is 4. The fourth-order valence-electron chi connectivity index (χ4n) is 6.51.